The Bertz CT molecular complexity index is 760. The molecule has 0 aliphatic heterocycles. The molecule has 4 nitrogen and oxygen atoms in total. The number of ether oxygens (including phenoxy) is 1. The largest absolute Gasteiger partial charge is 0.456 e. The summed E-state index contributed by atoms with van der Waals surface area (Å²) < 4.78 is 28.0. The highest BCUT2D eigenvalue weighted by molar-refractivity contribution is 7.89. The predicted molar refractivity (Wildman–Crippen MR) is 79.1 cm³/mol. The van der Waals surface area contributed by atoms with Gasteiger partial charge in [0, 0.05) is 5.02 Å². The Labute approximate surface area is 127 Å². The average Bonchev–Trinajstić information content (AvgIpc) is 2.35. The minimum absolute atomic E-state index is 0.0675. The van der Waals surface area contributed by atoms with E-state index in [0.717, 1.165) is 5.56 Å². The van der Waals surface area contributed by atoms with Crippen molar-refractivity contribution in [2.45, 2.75) is 11.8 Å². The molecular weight excluding hydrogens is 321 g/mol. The van der Waals surface area contributed by atoms with Crippen molar-refractivity contribution in [1.82, 2.24) is 0 Å². The quantitative estimate of drug-likeness (QED) is 0.931. The summed E-state index contributed by atoms with van der Waals surface area (Å²) in [6, 6.07) is 9.19. The first kappa shape index (κ1) is 15.1. The van der Waals surface area contributed by atoms with Gasteiger partial charge in [-0.3, -0.25) is 0 Å². The van der Waals surface area contributed by atoms with Crippen molar-refractivity contribution >= 4 is 33.2 Å². The molecular formula is C13H11Cl2NO3S. The maximum Gasteiger partial charge on any atom is 0.238 e. The minimum Gasteiger partial charge on any atom is -0.456 e. The first-order valence-electron chi connectivity index (χ1n) is 5.54. The van der Waals surface area contributed by atoms with Crippen molar-refractivity contribution in [2.24, 2.45) is 5.14 Å². The van der Waals surface area contributed by atoms with Crippen LogP contribution in [0.1, 0.15) is 5.56 Å². The van der Waals surface area contributed by atoms with Crippen LogP contribution in [-0.2, 0) is 10.0 Å². The molecule has 2 rings (SSSR count). The molecule has 0 aliphatic rings. The third-order valence-corrected chi connectivity index (χ3v) is 4.22. The van der Waals surface area contributed by atoms with E-state index in [9.17, 15) is 8.42 Å². The molecule has 106 valence electrons. The van der Waals surface area contributed by atoms with E-state index in [1.54, 1.807) is 18.2 Å². The minimum atomic E-state index is -3.78. The van der Waals surface area contributed by atoms with E-state index in [1.165, 1.54) is 18.2 Å². The molecule has 0 saturated heterocycles. The van der Waals surface area contributed by atoms with Gasteiger partial charge >= 0.3 is 0 Å². The van der Waals surface area contributed by atoms with E-state index in [-0.39, 0.29) is 9.92 Å². The maximum atomic E-state index is 11.2. The smallest absolute Gasteiger partial charge is 0.238 e. The fraction of sp³-hybridized carbons (Fsp3) is 0.0769. The van der Waals surface area contributed by atoms with Crippen molar-refractivity contribution in [2.75, 3.05) is 0 Å². The van der Waals surface area contributed by atoms with Gasteiger partial charge in [-0.25, -0.2) is 13.6 Å². The van der Waals surface area contributed by atoms with Gasteiger partial charge in [0.1, 0.15) is 11.5 Å². The standard InChI is InChI=1S/C13H11Cl2NO3S/c1-8-6-9(2-4-11(8)14)19-13-5-3-10(7-12(13)15)20(16,17)18/h2-7H,1H3,(H2,16,17,18). The lowest BCUT2D eigenvalue weighted by atomic mass is 10.2. The van der Waals surface area contributed by atoms with Gasteiger partial charge in [0.2, 0.25) is 10.0 Å². The van der Waals surface area contributed by atoms with Crippen LogP contribution in [0.15, 0.2) is 41.3 Å². The lowest BCUT2D eigenvalue weighted by molar-refractivity contribution is 0.482. The number of aryl methyl sites for hydroxylation is 1. The van der Waals surface area contributed by atoms with E-state index < -0.39 is 10.0 Å². The van der Waals surface area contributed by atoms with Gasteiger partial charge in [-0.15, -0.1) is 0 Å². The van der Waals surface area contributed by atoms with E-state index in [2.05, 4.69) is 0 Å². The van der Waals surface area contributed by atoms with Crippen molar-refractivity contribution in [3.8, 4) is 11.5 Å². The predicted octanol–water partition coefficient (Wildman–Crippen LogP) is 3.74. The van der Waals surface area contributed by atoms with Crippen LogP contribution in [-0.4, -0.2) is 8.42 Å². The molecule has 0 heterocycles. The summed E-state index contributed by atoms with van der Waals surface area (Å²) in [4.78, 5) is -0.0675. The van der Waals surface area contributed by atoms with Crippen LogP contribution in [0.2, 0.25) is 10.0 Å². The molecule has 0 amide bonds. The normalized spacial score (nSPS) is 11.4. The maximum absolute atomic E-state index is 11.2. The molecule has 0 spiro atoms. The van der Waals surface area contributed by atoms with Crippen LogP contribution < -0.4 is 9.88 Å². The summed E-state index contributed by atoms with van der Waals surface area (Å²) in [5.41, 5.74) is 0.862. The number of rotatable bonds is 3. The number of sulfonamides is 1. The number of hydrogen-bond donors (Lipinski definition) is 1. The number of benzene rings is 2. The highest BCUT2D eigenvalue weighted by Gasteiger charge is 2.12. The van der Waals surface area contributed by atoms with Crippen molar-refractivity contribution < 1.29 is 13.2 Å². The third kappa shape index (κ3) is 3.43. The lowest BCUT2D eigenvalue weighted by Crippen LogP contribution is -2.11. The summed E-state index contributed by atoms with van der Waals surface area (Å²) in [6.07, 6.45) is 0. The van der Waals surface area contributed by atoms with Crippen molar-refractivity contribution in [3.63, 3.8) is 0 Å². The van der Waals surface area contributed by atoms with Crippen LogP contribution in [0, 0.1) is 6.92 Å². The van der Waals surface area contributed by atoms with Gasteiger partial charge in [-0.2, -0.15) is 0 Å². The second-order valence-corrected chi connectivity index (χ2v) is 6.53. The molecule has 2 aromatic rings. The summed E-state index contributed by atoms with van der Waals surface area (Å²) in [5.74, 6) is 0.887. The topological polar surface area (TPSA) is 69.4 Å². The highest BCUT2D eigenvalue weighted by Crippen LogP contribution is 2.32. The summed E-state index contributed by atoms with van der Waals surface area (Å²) >= 11 is 11.9. The molecule has 0 aromatic heterocycles. The summed E-state index contributed by atoms with van der Waals surface area (Å²) in [7, 11) is -3.78. The Balaban J connectivity index is 2.32. The molecule has 2 aromatic carbocycles. The Morgan fingerprint density at radius 1 is 1.05 bits per heavy atom. The van der Waals surface area contributed by atoms with Crippen LogP contribution in [0.4, 0.5) is 0 Å². The van der Waals surface area contributed by atoms with Gasteiger partial charge in [0.15, 0.2) is 0 Å². The highest BCUT2D eigenvalue weighted by atomic mass is 35.5. The number of primary sulfonamides is 1. The molecule has 2 N–H and O–H groups in total. The molecule has 0 fully saturated rings. The number of halogens is 2. The van der Waals surface area contributed by atoms with E-state index in [4.69, 9.17) is 33.1 Å². The Hall–Kier alpha value is -1.27. The second-order valence-electron chi connectivity index (χ2n) is 4.15. The zero-order chi connectivity index (χ0) is 14.9. The Morgan fingerprint density at radius 2 is 1.75 bits per heavy atom. The van der Waals surface area contributed by atoms with Gasteiger partial charge in [-0.1, -0.05) is 23.2 Å². The van der Waals surface area contributed by atoms with Crippen LogP contribution in [0.5, 0.6) is 11.5 Å². The van der Waals surface area contributed by atoms with Crippen LogP contribution >= 0.6 is 23.2 Å². The monoisotopic (exact) mass is 331 g/mol. The molecule has 0 unspecified atom stereocenters. The van der Waals surface area contributed by atoms with E-state index in [1.807, 2.05) is 6.92 Å². The van der Waals surface area contributed by atoms with E-state index in [0.29, 0.717) is 16.5 Å². The number of nitrogens with two attached hydrogens (primary N) is 1. The molecule has 0 atom stereocenters. The first-order valence-corrected chi connectivity index (χ1v) is 7.84. The average molecular weight is 332 g/mol. The van der Waals surface area contributed by atoms with Crippen molar-refractivity contribution in [3.05, 3.63) is 52.0 Å². The fourth-order valence-electron chi connectivity index (χ4n) is 1.55. The Kier molecular flexibility index (Phi) is 4.25. The molecule has 20 heavy (non-hydrogen) atoms. The fourth-order valence-corrected chi connectivity index (χ4v) is 2.49. The zero-order valence-corrected chi connectivity index (χ0v) is 12.8. The lowest BCUT2D eigenvalue weighted by Gasteiger charge is -2.09. The SMILES string of the molecule is Cc1cc(Oc2ccc(S(N)(=O)=O)cc2Cl)ccc1Cl. The first-order chi connectivity index (χ1) is 9.27. The van der Waals surface area contributed by atoms with Gasteiger partial charge in [0.25, 0.3) is 0 Å². The third-order valence-electron chi connectivity index (χ3n) is 2.59. The summed E-state index contributed by atoms with van der Waals surface area (Å²) in [5, 5.41) is 5.81. The molecule has 7 heteroatoms. The molecule has 0 saturated carbocycles. The van der Waals surface area contributed by atoms with Crippen LogP contribution in [0.25, 0.3) is 0 Å². The van der Waals surface area contributed by atoms with E-state index >= 15 is 0 Å². The van der Waals surface area contributed by atoms with Gasteiger partial charge in [0.05, 0.1) is 9.92 Å². The second kappa shape index (κ2) is 5.61. The van der Waals surface area contributed by atoms with Gasteiger partial charge < -0.3 is 4.74 Å². The number of hydrogen-bond acceptors (Lipinski definition) is 3. The van der Waals surface area contributed by atoms with Gasteiger partial charge in [-0.05, 0) is 48.9 Å². The molecule has 0 bridgehead atoms. The molecule has 0 radical (unpaired) electrons. The van der Waals surface area contributed by atoms with Crippen molar-refractivity contribution in [1.29, 1.82) is 0 Å². The Morgan fingerprint density at radius 3 is 2.30 bits per heavy atom. The van der Waals surface area contributed by atoms with Crippen LogP contribution in [0.3, 0.4) is 0 Å². The zero-order valence-electron chi connectivity index (χ0n) is 10.4. The molecule has 0 aliphatic carbocycles. The summed E-state index contributed by atoms with van der Waals surface area (Å²) in [6.45, 7) is 1.85.